The fourth-order valence-electron chi connectivity index (χ4n) is 2.50. The van der Waals surface area contributed by atoms with Gasteiger partial charge in [-0.2, -0.15) is 4.98 Å². The smallest absolute Gasteiger partial charge is 0.232 e. The van der Waals surface area contributed by atoms with Crippen molar-refractivity contribution in [3.63, 3.8) is 0 Å². The molecule has 0 spiro atoms. The Kier molecular flexibility index (Phi) is 5.71. The Labute approximate surface area is 156 Å². The lowest BCUT2D eigenvalue weighted by atomic mass is 10.2. The van der Waals surface area contributed by atoms with Crippen LogP contribution in [0.25, 0.3) is 0 Å². The van der Waals surface area contributed by atoms with Gasteiger partial charge in [0.2, 0.25) is 5.95 Å². The molecule has 5 nitrogen and oxygen atoms in total. The van der Waals surface area contributed by atoms with Crippen molar-refractivity contribution in [2.24, 2.45) is 0 Å². The third-order valence-corrected chi connectivity index (χ3v) is 4.40. The third-order valence-electron chi connectivity index (χ3n) is 3.70. The summed E-state index contributed by atoms with van der Waals surface area (Å²) in [6, 6.07) is 9.36. The lowest BCUT2D eigenvalue weighted by Crippen LogP contribution is -2.29. The van der Waals surface area contributed by atoms with E-state index in [4.69, 9.17) is 35.4 Å². The van der Waals surface area contributed by atoms with E-state index in [0.29, 0.717) is 27.8 Å². The highest BCUT2D eigenvalue weighted by molar-refractivity contribution is 7.80. The molecule has 0 amide bonds. The van der Waals surface area contributed by atoms with Gasteiger partial charge in [0.25, 0.3) is 0 Å². The van der Waals surface area contributed by atoms with Crippen molar-refractivity contribution in [3.8, 4) is 0 Å². The number of nitrogens with one attached hydrogen (secondary N) is 2. The van der Waals surface area contributed by atoms with Gasteiger partial charge in [0.05, 0.1) is 0 Å². The zero-order valence-electron chi connectivity index (χ0n) is 12.9. The van der Waals surface area contributed by atoms with Crippen molar-refractivity contribution >= 4 is 52.3 Å². The maximum atomic E-state index is 6.11. The van der Waals surface area contributed by atoms with Crippen LogP contribution in [0.3, 0.4) is 0 Å². The minimum Gasteiger partial charge on any atom is -0.358 e. The maximum absolute atomic E-state index is 6.11. The van der Waals surface area contributed by atoms with E-state index in [1.54, 1.807) is 6.07 Å². The van der Waals surface area contributed by atoms with Gasteiger partial charge in [0, 0.05) is 30.7 Å². The van der Waals surface area contributed by atoms with Crippen molar-refractivity contribution in [1.82, 2.24) is 15.3 Å². The van der Waals surface area contributed by atoms with Crippen LogP contribution in [0.2, 0.25) is 10.2 Å². The van der Waals surface area contributed by atoms with Crippen LogP contribution < -0.4 is 15.5 Å². The number of anilines is 2. The molecule has 0 unspecified atom stereocenters. The maximum Gasteiger partial charge on any atom is 0.232 e. The normalized spacial score (nSPS) is 13.8. The molecule has 24 heavy (non-hydrogen) atoms. The van der Waals surface area contributed by atoms with Gasteiger partial charge in [0.15, 0.2) is 5.11 Å². The van der Waals surface area contributed by atoms with E-state index in [0.717, 1.165) is 24.5 Å². The molecule has 0 bridgehead atoms. The molecule has 0 atom stereocenters. The molecule has 1 aliphatic rings. The molecule has 2 heterocycles. The predicted octanol–water partition coefficient (Wildman–Crippen LogP) is 3.87. The van der Waals surface area contributed by atoms with Gasteiger partial charge in [-0.25, -0.2) is 4.98 Å². The van der Waals surface area contributed by atoms with Gasteiger partial charge >= 0.3 is 0 Å². The molecule has 3 rings (SSSR count). The number of hydrogen-bond acceptors (Lipinski definition) is 4. The standard InChI is InChI=1S/C16H17Cl2N5S/c17-12-5-3-11(4-6-12)10-19-16(24)22-15-20-13(18)9-14(21-15)23-7-1-2-8-23/h3-6,9H,1-2,7-8,10H2,(H2,19,20,21,22,24). The Morgan fingerprint density at radius 2 is 1.83 bits per heavy atom. The van der Waals surface area contributed by atoms with Gasteiger partial charge in [0.1, 0.15) is 11.0 Å². The number of aromatic nitrogens is 2. The topological polar surface area (TPSA) is 53.1 Å². The highest BCUT2D eigenvalue weighted by atomic mass is 35.5. The van der Waals surface area contributed by atoms with E-state index in [1.807, 2.05) is 24.3 Å². The molecule has 0 aliphatic carbocycles. The summed E-state index contributed by atoms with van der Waals surface area (Å²) in [7, 11) is 0. The van der Waals surface area contributed by atoms with Crippen LogP contribution in [0.1, 0.15) is 18.4 Å². The SMILES string of the molecule is S=C(NCc1ccc(Cl)cc1)Nc1nc(Cl)cc(N2CCCC2)n1. The summed E-state index contributed by atoms with van der Waals surface area (Å²) in [6.45, 7) is 2.57. The average Bonchev–Trinajstić information content (AvgIpc) is 3.08. The molecule has 126 valence electrons. The molecule has 1 saturated heterocycles. The highest BCUT2D eigenvalue weighted by Gasteiger charge is 2.15. The van der Waals surface area contributed by atoms with Gasteiger partial charge < -0.3 is 15.5 Å². The largest absolute Gasteiger partial charge is 0.358 e. The summed E-state index contributed by atoms with van der Waals surface area (Å²) in [5, 5.41) is 7.66. The van der Waals surface area contributed by atoms with Crippen molar-refractivity contribution in [2.45, 2.75) is 19.4 Å². The van der Waals surface area contributed by atoms with E-state index < -0.39 is 0 Å². The summed E-state index contributed by atoms with van der Waals surface area (Å²) in [5.74, 6) is 1.23. The first-order chi connectivity index (χ1) is 11.6. The Balaban J connectivity index is 1.60. The van der Waals surface area contributed by atoms with Crippen molar-refractivity contribution in [3.05, 3.63) is 46.1 Å². The summed E-state index contributed by atoms with van der Waals surface area (Å²) < 4.78 is 0. The van der Waals surface area contributed by atoms with Crippen LogP contribution in [-0.4, -0.2) is 28.2 Å². The first-order valence-electron chi connectivity index (χ1n) is 7.69. The van der Waals surface area contributed by atoms with E-state index in [-0.39, 0.29) is 0 Å². The summed E-state index contributed by atoms with van der Waals surface area (Å²) in [5.41, 5.74) is 1.08. The van der Waals surface area contributed by atoms with Crippen LogP contribution in [0, 0.1) is 0 Å². The molecule has 1 aromatic heterocycles. The minimum atomic E-state index is 0.398. The molecule has 2 N–H and O–H groups in total. The number of halogens is 2. The van der Waals surface area contributed by atoms with Crippen LogP contribution >= 0.6 is 35.4 Å². The molecule has 1 aliphatic heterocycles. The third kappa shape index (κ3) is 4.69. The van der Waals surface area contributed by atoms with Crippen molar-refractivity contribution in [1.29, 1.82) is 0 Å². The molecule has 0 saturated carbocycles. The molecule has 1 aromatic carbocycles. The first-order valence-corrected chi connectivity index (χ1v) is 8.85. The zero-order chi connectivity index (χ0) is 16.9. The lowest BCUT2D eigenvalue weighted by Gasteiger charge is -2.17. The number of hydrogen-bond donors (Lipinski definition) is 2. The van der Waals surface area contributed by atoms with Gasteiger partial charge in [-0.15, -0.1) is 0 Å². The molecule has 0 radical (unpaired) electrons. The fourth-order valence-corrected chi connectivity index (χ4v) is 2.97. The Bertz CT molecular complexity index is 717. The van der Waals surface area contributed by atoms with Gasteiger partial charge in [-0.05, 0) is 42.8 Å². The average molecular weight is 382 g/mol. The Hall–Kier alpha value is -1.63. The Morgan fingerprint density at radius 1 is 1.12 bits per heavy atom. The molecular formula is C16H17Cl2N5S. The van der Waals surface area contributed by atoms with E-state index >= 15 is 0 Å². The van der Waals surface area contributed by atoms with Gasteiger partial charge in [-0.1, -0.05) is 35.3 Å². The minimum absolute atomic E-state index is 0.398. The molecule has 1 fully saturated rings. The van der Waals surface area contributed by atoms with E-state index in [1.165, 1.54) is 12.8 Å². The van der Waals surface area contributed by atoms with Crippen LogP contribution in [0.4, 0.5) is 11.8 Å². The second-order valence-corrected chi connectivity index (χ2v) is 6.73. The van der Waals surface area contributed by atoms with E-state index in [2.05, 4.69) is 25.5 Å². The van der Waals surface area contributed by atoms with Crippen molar-refractivity contribution < 1.29 is 0 Å². The number of benzene rings is 1. The van der Waals surface area contributed by atoms with Crippen LogP contribution in [-0.2, 0) is 6.54 Å². The fraction of sp³-hybridized carbons (Fsp3) is 0.312. The first kappa shape index (κ1) is 17.2. The predicted molar refractivity (Wildman–Crippen MR) is 103 cm³/mol. The van der Waals surface area contributed by atoms with Crippen LogP contribution in [0.5, 0.6) is 0 Å². The van der Waals surface area contributed by atoms with Gasteiger partial charge in [-0.3, -0.25) is 0 Å². The molecule has 8 heteroatoms. The monoisotopic (exact) mass is 381 g/mol. The van der Waals surface area contributed by atoms with E-state index in [9.17, 15) is 0 Å². The second-order valence-electron chi connectivity index (χ2n) is 5.50. The quantitative estimate of drug-likeness (QED) is 0.619. The number of rotatable bonds is 4. The highest BCUT2D eigenvalue weighted by Crippen LogP contribution is 2.22. The van der Waals surface area contributed by atoms with Crippen molar-refractivity contribution in [2.75, 3.05) is 23.3 Å². The van der Waals surface area contributed by atoms with Crippen LogP contribution in [0.15, 0.2) is 30.3 Å². The Morgan fingerprint density at radius 3 is 2.54 bits per heavy atom. The molecule has 2 aromatic rings. The summed E-state index contributed by atoms with van der Waals surface area (Å²) in [6.07, 6.45) is 2.34. The second kappa shape index (κ2) is 7.96. The zero-order valence-corrected chi connectivity index (χ0v) is 15.3. The summed E-state index contributed by atoms with van der Waals surface area (Å²) in [4.78, 5) is 10.9. The number of nitrogens with zero attached hydrogens (tertiary/aromatic N) is 3. The lowest BCUT2D eigenvalue weighted by molar-refractivity contribution is 0.915. The molecular weight excluding hydrogens is 365 g/mol. The number of thiocarbonyl (C=S) groups is 1. The summed E-state index contributed by atoms with van der Waals surface area (Å²) >= 11 is 17.3.